The molecule has 1 saturated carbocycles. The van der Waals surface area contributed by atoms with Gasteiger partial charge in [0.05, 0.1) is 17.9 Å². The second-order valence-electron chi connectivity index (χ2n) is 8.07. The Balaban J connectivity index is 1.24. The highest BCUT2D eigenvalue weighted by molar-refractivity contribution is 7.14. The van der Waals surface area contributed by atoms with Gasteiger partial charge in [-0.15, -0.1) is 11.3 Å². The topological polar surface area (TPSA) is 60.5 Å². The first kappa shape index (κ1) is 20.0. The molecule has 2 aromatic carbocycles. The molecule has 2 heterocycles. The molecule has 0 bridgehead atoms. The van der Waals surface area contributed by atoms with Gasteiger partial charge in [0.15, 0.2) is 16.7 Å². The Morgan fingerprint density at radius 3 is 2.87 bits per heavy atom. The zero-order chi connectivity index (χ0) is 21.2. The Morgan fingerprint density at radius 1 is 1.16 bits per heavy atom. The van der Waals surface area contributed by atoms with E-state index in [0.29, 0.717) is 41.3 Å². The second kappa shape index (κ2) is 8.67. The number of carbonyl (C=O) groups is 1. The Hall–Kier alpha value is -2.93. The van der Waals surface area contributed by atoms with Crippen molar-refractivity contribution in [2.75, 3.05) is 11.9 Å². The molecule has 0 unspecified atom stereocenters. The fraction of sp³-hybridized carbons (Fsp3) is 0.333. The van der Waals surface area contributed by atoms with Crippen LogP contribution in [-0.4, -0.2) is 17.6 Å². The van der Waals surface area contributed by atoms with E-state index in [9.17, 15) is 9.18 Å². The number of carbonyl (C=O) groups excluding carboxylic acids is 1. The number of nitrogens with zero attached hydrogens (tertiary/aromatic N) is 1. The summed E-state index contributed by atoms with van der Waals surface area (Å²) in [6.07, 6.45) is 6.12. The van der Waals surface area contributed by atoms with Crippen LogP contribution >= 0.6 is 11.3 Å². The summed E-state index contributed by atoms with van der Waals surface area (Å²) >= 11 is 1.44. The minimum absolute atomic E-state index is 0.282. The first-order valence-corrected chi connectivity index (χ1v) is 11.5. The summed E-state index contributed by atoms with van der Waals surface area (Å²) in [5.74, 6) is 0.172. The molecule has 160 valence electrons. The van der Waals surface area contributed by atoms with Gasteiger partial charge in [-0.2, -0.15) is 0 Å². The van der Waals surface area contributed by atoms with Crippen molar-refractivity contribution in [3.63, 3.8) is 0 Å². The van der Waals surface area contributed by atoms with Gasteiger partial charge in [0, 0.05) is 28.3 Å². The lowest BCUT2D eigenvalue weighted by Crippen LogP contribution is -2.15. The molecule has 0 spiro atoms. The minimum atomic E-state index is -0.374. The minimum Gasteiger partial charge on any atom is -0.490 e. The van der Waals surface area contributed by atoms with E-state index in [1.165, 1.54) is 49.5 Å². The average molecular weight is 439 g/mol. The Kier molecular flexibility index (Phi) is 5.59. The van der Waals surface area contributed by atoms with Crippen LogP contribution < -0.4 is 10.1 Å². The molecule has 0 radical (unpaired) electrons. The van der Waals surface area contributed by atoms with Crippen molar-refractivity contribution in [1.82, 2.24) is 4.98 Å². The summed E-state index contributed by atoms with van der Waals surface area (Å²) < 4.78 is 25.3. The molecular formula is C24H23FN2O3S. The van der Waals surface area contributed by atoms with Crippen LogP contribution in [0.25, 0.3) is 11.3 Å². The molecule has 5 nitrogen and oxygen atoms in total. The van der Waals surface area contributed by atoms with Crippen molar-refractivity contribution in [3.8, 4) is 17.0 Å². The maximum atomic E-state index is 14.5. The van der Waals surface area contributed by atoms with Gasteiger partial charge < -0.3 is 14.8 Å². The van der Waals surface area contributed by atoms with Crippen LogP contribution in [0.5, 0.6) is 5.75 Å². The van der Waals surface area contributed by atoms with E-state index in [1.807, 2.05) is 17.5 Å². The van der Waals surface area contributed by atoms with Gasteiger partial charge in [-0.25, -0.2) is 14.2 Å². The van der Waals surface area contributed by atoms with E-state index in [0.717, 1.165) is 16.8 Å². The zero-order valence-electron chi connectivity index (χ0n) is 17.0. The number of nitrogens with one attached hydrogen (secondary N) is 1. The highest BCUT2D eigenvalue weighted by Crippen LogP contribution is 2.32. The van der Waals surface area contributed by atoms with Gasteiger partial charge in [0.1, 0.15) is 6.61 Å². The quantitative estimate of drug-likeness (QED) is 0.456. The molecule has 0 amide bonds. The molecule has 0 saturated heterocycles. The van der Waals surface area contributed by atoms with Crippen LogP contribution in [0.3, 0.4) is 0 Å². The average Bonchev–Trinajstić information content (AvgIpc) is 3.40. The normalized spacial score (nSPS) is 16.1. The molecule has 2 aliphatic rings. The lowest BCUT2D eigenvalue weighted by atomic mass is 9.90. The van der Waals surface area contributed by atoms with Crippen LogP contribution in [0.2, 0.25) is 0 Å². The smallest absolute Gasteiger partial charge is 0.338 e. The fourth-order valence-corrected chi connectivity index (χ4v) is 4.88. The standard InChI is InChI=1S/C24H23FN2O3S/c25-20-11-18(7-9-22(20)29-12-15-4-2-1-3-5-15)26-24-27-21(14-31-24)16-6-8-19-17(10-16)13-30-23(19)28/h6-11,14-15H,1-5,12-13H2,(H,26,27). The molecular weight excluding hydrogens is 415 g/mol. The number of halogens is 1. The van der Waals surface area contributed by atoms with Gasteiger partial charge in [-0.05, 0) is 43.0 Å². The zero-order valence-corrected chi connectivity index (χ0v) is 17.8. The van der Waals surface area contributed by atoms with Crippen molar-refractivity contribution in [1.29, 1.82) is 0 Å². The largest absolute Gasteiger partial charge is 0.490 e. The van der Waals surface area contributed by atoms with Crippen molar-refractivity contribution in [3.05, 3.63) is 58.7 Å². The first-order chi connectivity index (χ1) is 15.2. The van der Waals surface area contributed by atoms with Gasteiger partial charge in [-0.1, -0.05) is 25.3 Å². The lowest BCUT2D eigenvalue weighted by molar-refractivity contribution is 0.0535. The molecule has 1 aliphatic heterocycles. The number of cyclic esters (lactones) is 1. The predicted molar refractivity (Wildman–Crippen MR) is 118 cm³/mol. The Labute approximate surface area is 184 Å². The monoisotopic (exact) mass is 438 g/mol. The van der Waals surface area contributed by atoms with E-state index in [2.05, 4.69) is 10.3 Å². The third-order valence-electron chi connectivity index (χ3n) is 5.87. The molecule has 1 aliphatic carbocycles. The summed E-state index contributed by atoms with van der Waals surface area (Å²) in [5.41, 5.74) is 3.81. The molecule has 5 rings (SSSR count). The summed E-state index contributed by atoms with van der Waals surface area (Å²) in [4.78, 5) is 16.2. The molecule has 1 aromatic heterocycles. The first-order valence-electron chi connectivity index (χ1n) is 10.6. The van der Waals surface area contributed by atoms with Crippen molar-refractivity contribution in [2.45, 2.75) is 38.7 Å². The van der Waals surface area contributed by atoms with Crippen LogP contribution in [0.15, 0.2) is 41.8 Å². The number of hydrogen-bond donors (Lipinski definition) is 1. The number of fused-ring (bicyclic) bond motifs is 1. The van der Waals surface area contributed by atoms with Crippen molar-refractivity contribution >= 4 is 28.1 Å². The SMILES string of the molecule is O=C1OCc2cc(-c3csc(Nc4ccc(OCC5CCCCC5)c(F)c4)n3)ccc21. The lowest BCUT2D eigenvalue weighted by Gasteiger charge is -2.21. The third-order valence-corrected chi connectivity index (χ3v) is 6.62. The predicted octanol–water partition coefficient (Wildman–Crippen LogP) is 6.32. The molecule has 7 heteroatoms. The molecule has 31 heavy (non-hydrogen) atoms. The van der Waals surface area contributed by atoms with Crippen molar-refractivity contribution < 1.29 is 18.7 Å². The number of esters is 1. The van der Waals surface area contributed by atoms with Crippen LogP contribution in [0.1, 0.15) is 48.0 Å². The number of aromatic nitrogens is 1. The van der Waals surface area contributed by atoms with Gasteiger partial charge in [0.2, 0.25) is 0 Å². The fourth-order valence-electron chi connectivity index (χ4n) is 4.14. The van der Waals surface area contributed by atoms with Gasteiger partial charge >= 0.3 is 5.97 Å². The highest BCUT2D eigenvalue weighted by atomic mass is 32.1. The summed E-state index contributed by atoms with van der Waals surface area (Å²) in [5, 5.41) is 5.76. The number of benzene rings is 2. The van der Waals surface area contributed by atoms with Crippen molar-refractivity contribution in [2.24, 2.45) is 5.92 Å². The second-order valence-corrected chi connectivity index (χ2v) is 8.93. The van der Waals surface area contributed by atoms with E-state index in [-0.39, 0.29) is 11.8 Å². The molecule has 1 N–H and O–H groups in total. The summed E-state index contributed by atoms with van der Waals surface area (Å²) in [7, 11) is 0. The van der Waals surface area contributed by atoms with Gasteiger partial charge in [0.25, 0.3) is 0 Å². The Bertz CT molecular complexity index is 1110. The Morgan fingerprint density at radius 2 is 2.03 bits per heavy atom. The number of anilines is 2. The van der Waals surface area contributed by atoms with Crippen LogP contribution in [0, 0.1) is 11.7 Å². The van der Waals surface area contributed by atoms with E-state index < -0.39 is 0 Å². The number of ether oxygens (including phenoxy) is 2. The third kappa shape index (κ3) is 4.42. The summed E-state index contributed by atoms with van der Waals surface area (Å²) in [6, 6.07) is 10.5. The van der Waals surface area contributed by atoms with E-state index in [1.54, 1.807) is 18.2 Å². The maximum absolute atomic E-state index is 14.5. The molecule has 0 atom stereocenters. The van der Waals surface area contributed by atoms with E-state index >= 15 is 0 Å². The van der Waals surface area contributed by atoms with Gasteiger partial charge in [-0.3, -0.25) is 0 Å². The van der Waals surface area contributed by atoms with Crippen LogP contribution in [-0.2, 0) is 11.3 Å². The number of rotatable bonds is 6. The highest BCUT2D eigenvalue weighted by Gasteiger charge is 2.21. The number of thiazole rings is 1. The summed E-state index contributed by atoms with van der Waals surface area (Å²) in [6.45, 7) is 0.878. The number of hydrogen-bond acceptors (Lipinski definition) is 6. The maximum Gasteiger partial charge on any atom is 0.338 e. The molecule has 1 fully saturated rings. The van der Waals surface area contributed by atoms with E-state index in [4.69, 9.17) is 9.47 Å². The molecule has 3 aromatic rings. The van der Waals surface area contributed by atoms with Crippen LogP contribution in [0.4, 0.5) is 15.2 Å².